The molecule has 1 aliphatic heterocycles. The summed E-state index contributed by atoms with van der Waals surface area (Å²) in [5, 5.41) is 3.20. The van der Waals surface area contributed by atoms with Crippen LogP contribution < -0.4 is 15.0 Å². The molecule has 0 radical (unpaired) electrons. The molecule has 6 nitrogen and oxygen atoms in total. The molecule has 19 heavy (non-hydrogen) atoms. The Labute approximate surface area is 114 Å². The number of nitrogens with one attached hydrogen (secondary N) is 1. The lowest BCUT2D eigenvalue weighted by atomic mass is 10.2. The Morgan fingerprint density at radius 3 is 2.84 bits per heavy atom. The first kappa shape index (κ1) is 13.8. The predicted molar refractivity (Wildman–Crippen MR) is 75.8 cm³/mol. The Kier molecular flexibility index (Phi) is 4.76. The number of rotatable bonds is 6. The van der Waals surface area contributed by atoms with Gasteiger partial charge in [0.25, 0.3) is 0 Å². The number of aromatic nitrogens is 3. The molecule has 2 heterocycles. The van der Waals surface area contributed by atoms with Gasteiger partial charge in [-0.25, -0.2) is 0 Å². The monoisotopic (exact) mass is 265 g/mol. The summed E-state index contributed by atoms with van der Waals surface area (Å²) in [6.07, 6.45) is 4.56. The molecule has 106 valence electrons. The van der Waals surface area contributed by atoms with Crippen molar-refractivity contribution in [1.82, 2.24) is 15.0 Å². The third-order valence-corrected chi connectivity index (χ3v) is 3.42. The zero-order valence-electron chi connectivity index (χ0n) is 12.0. The van der Waals surface area contributed by atoms with Crippen LogP contribution in [0.25, 0.3) is 0 Å². The molecule has 0 spiro atoms. The minimum Gasteiger partial charge on any atom is -0.467 e. The van der Waals surface area contributed by atoms with E-state index in [-0.39, 0.29) is 0 Å². The summed E-state index contributed by atoms with van der Waals surface area (Å²) < 4.78 is 5.18. The topological polar surface area (TPSA) is 63.2 Å². The molecule has 0 amide bonds. The smallest absolute Gasteiger partial charge is 0.322 e. The summed E-state index contributed by atoms with van der Waals surface area (Å²) in [4.78, 5) is 15.4. The second-order valence-electron chi connectivity index (χ2n) is 4.77. The highest BCUT2D eigenvalue weighted by Gasteiger charge is 2.26. The Hall–Kier alpha value is -1.59. The van der Waals surface area contributed by atoms with Crippen LogP contribution >= 0.6 is 0 Å². The van der Waals surface area contributed by atoms with E-state index >= 15 is 0 Å². The number of nitrogens with zero attached hydrogens (tertiary/aromatic N) is 4. The van der Waals surface area contributed by atoms with Crippen LogP contribution in [0.1, 0.15) is 39.5 Å². The lowest BCUT2D eigenvalue weighted by Gasteiger charge is -2.23. The summed E-state index contributed by atoms with van der Waals surface area (Å²) >= 11 is 0. The van der Waals surface area contributed by atoms with Crippen molar-refractivity contribution in [3.8, 4) is 6.01 Å². The number of methoxy groups -OCH3 is 1. The highest BCUT2D eigenvalue weighted by molar-refractivity contribution is 5.40. The van der Waals surface area contributed by atoms with E-state index < -0.39 is 0 Å². The van der Waals surface area contributed by atoms with Gasteiger partial charge < -0.3 is 15.0 Å². The van der Waals surface area contributed by atoms with Gasteiger partial charge in [0.2, 0.25) is 11.9 Å². The van der Waals surface area contributed by atoms with Crippen LogP contribution in [0, 0.1) is 0 Å². The highest BCUT2D eigenvalue weighted by Crippen LogP contribution is 2.26. The second-order valence-corrected chi connectivity index (χ2v) is 4.77. The molecule has 0 aromatic carbocycles. The van der Waals surface area contributed by atoms with E-state index in [2.05, 4.69) is 39.0 Å². The molecule has 0 saturated carbocycles. The van der Waals surface area contributed by atoms with E-state index in [1.807, 2.05) is 0 Å². The van der Waals surface area contributed by atoms with E-state index in [1.54, 1.807) is 7.11 Å². The van der Waals surface area contributed by atoms with Crippen LogP contribution in [0.5, 0.6) is 6.01 Å². The molecule has 2 rings (SSSR count). The fraction of sp³-hybridized carbons (Fsp3) is 0.769. The van der Waals surface area contributed by atoms with Gasteiger partial charge in [-0.2, -0.15) is 15.0 Å². The van der Waals surface area contributed by atoms with Crippen molar-refractivity contribution >= 4 is 11.9 Å². The van der Waals surface area contributed by atoms with Gasteiger partial charge in [-0.3, -0.25) is 0 Å². The van der Waals surface area contributed by atoms with Gasteiger partial charge in [-0.1, -0.05) is 13.8 Å². The molecule has 1 unspecified atom stereocenters. The quantitative estimate of drug-likeness (QED) is 0.849. The van der Waals surface area contributed by atoms with Crippen molar-refractivity contribution in [1.29, 1.82) is 0 Å². The average Bonchev–Trinajstić information content (AvgIpc) is 2.93. The van der Waals surface area contributed by atoms with E-state index in [9.17, 15) is 0 Å². The fourth-order valence-corrected chi connectivity index (χ4v) is 2.40. The summed E-state index contributed by atoms with van der Waals surface area (Å²) in [6, 6.07) is 0.913. The predicted octanol–water partition coefficient (Wildman–Crippen LogP) is 2.08. The Morgan fingerprint density at radius 2 is 2.16 bits per heavy atom. The first-order valence-corrected chi connectivity index (χ1v) is 7.09. The molecule has 1 fully saturated rings. The molecule has 1 aliphatic rings. The SMILES string of the molecule is CCCNc1nc(OC)nc(N2CCCC2CC)n1. The molecule has 0 aliphatic carbocycles. The van der Waals surface area contributed by atoms with Gasteiger partial charge >= 0.3 is 6.01 Å². The van der Waals surface area contributed by atoms with Gasteiger partial charge in [-0.05, 0) is 25.7 Å². The molecule has 6 heteroatoms. The normalized spacial score (nSPS) is 18.7. The molecule has 1 aromatic heterocycles. The van der Waals surface area contributed by atoms with Crippen molar-refractivity contribution in [2.45, 2.75) is 45.6 Å². The van der Waals surface area contributed by atoms with Crippen molar-refractivity contribution in [2.75, 3.05) is 30.4 Å². The third-order valence-electron chi connectivity index (χ3n) is 3.42. The summed E-state index contributed by atoms with van der Waals surface area (Å²) in [7, 11) is 1.59. The molecule has 1 atom stereocenters. The maximum atomic E-state index is 5.18. The first-order chi connectivity index (χ1) is 9.28. The Bertz CT molecular complexity index is 412. The lowest BCUT2D eigenvalue weighted by molar-refractivity contribution is 0.378. The Balaban J connectivity index is 2.23. The Morgan fingerprint density at radius 1 is 1.32 bits per heavy atom. The lowest BCUT2D eigenvalue weighted by Crippen LogP contribution is -2.30. The van der Waals surface area contributed by atoms with Gasteiger partial charge in [-0.15, -0.1) is 0 Å². The molecular formula is C13H23N5O. The highest BCUT2D eigenvalue weighted by atomic mass is 16.5. The third kappa shape index (κ3) is 3.24. The molecule has 1 aromatic rings. The average molecular weight is 265 g/mol. The van der Waals surface area contributed by atoms with Crippen LogP contribution in [0.4, 0.5) is 11.9 Å². The molecule has 1 N–H and O–H groups in total. The van der Waals surface area contributed by atoms with Gasteiger partial charge in [0.05, 0.1) is 7.11 Å². The number of anilines is 2. The van der Waals surface area contributed by atoms with Gasteiger partial charge in [0.15, 0.2) is 0 Å². The molecular weight excluding hydrogens is 242 g/mol. The van der Waals surface area contributed by atoms with E-state index in [1.165, 1.54) is 12.8 Å². The van der Waals surface area contributed by atoms with E-state index in [4.69, 9.17) is 4.74 Å². The summed E-state index contributed by atoms with van der Waals surface area (Å²) in [5.41, 5.74) is 0. The van der Waals surface area contributed by atoms with Gasteiger partial charge in [0.1, 0.15) is 0 Å². The zero-order chi connectivity index (χ0) is 13.7. The van der Waals surface area contributed by atoms with Crippen molar-refractivity contribution in [3.63, 3.8) is 0 Å². The minimum absolute atomic E-state index is 0.380. The van der Waals surface area contributed by atoms with Crippen molar-refractivity contribution < 1.29 is 4.74 Å². The van der Waals surface area contributed by atoms with E-state index in [0.29, 0.717) is 18.0 Å². The van der Waals surface area contributed by atoms with E-state index in [0.717, 1.165) is 31.9 Å². The summed E-state index contributed by atoms with van der Waals surface area (Å²) in [6.45, 7) is 6.18. The van der Waals surface area contributed by atoms with Crippen molar-refractivity contribution in [3.05, 3.63) is 0 Å². The second kappa shape index (κ2) is 6.54. The van der Waals surface area contributed by atoms with Gasteiger partial charge in [0, 0.05) is 19.1 Å². The number of hydrogen-bond donors (Lipinski definition) is 1. The van der Waals surface area contributed by atoms with Crippen LogP contribution in [-0.2, 0) is 0 Å². The van der Waals surface area contributed by atoms with Crippen LogP contribution in [0.15, 0.2) is 0 Å². The zero-order valence-corrected chi connectivity index (χ0v) is 12.0. The largest absolute Gasteiger partial charge is 0.467 e. The summed E-state index contributed by atoms with van der Waals surface area (Å²) in [5.74, 6) is 1.33. The van der Waals surface area contributed by atoms with Crippen LogP contribution in [0.2, 0.25) is 0 Å². The minimum atomic E-state index is 0.380. The molecule has 1 saturated heterocycles. The number of ether oxygens (including phenoxy) is 1. The maximum absolute atomic E-state index is 5.18. The first-order valence-electron chi connectivity index (χ1n) is 7.09. The van der Waals surface area contributed by atoms with Crippen LogP contribution in [0.3, 0.4) is 0 Å². The van der Waals surface area contributed by atoms with Crippen LogP contribution in [-0.4, -0.2) is 41.2 Å². The number of hydrogen-bond acceptors (Lipinski definition) is 6. The standard InChI is InChI=1S/C13H23N5O/c1-4-8-14-11-15-12(17-13(16-11)19-3)18-9-6-7-10(18)5-2/h10H,4-9H2,1-3H3,(H,14,15,16,17). The maximum Gasteiger partial charge on any atom is 0.322 e. The van der Waals surface area contributed by atoms with Crippen molar-refractivity contribution in [2.24, 2.45) is 0 Å². The molecule has 0 bridgehead atoms. The fourth-order valence-electron chi connectivity index (χ4n) is 2.40.